The van der Waals surface area contributed by atoms with Gasteiger partial charge in [0, 0.05) is 5.69 Å². The van der Waals surface area contributed by atoms with Gasteiger partial charge in [0.25, 0.3) is 5.91 Å². The van der Waals surface area contributed by atoms with Gasteiger partial charge >= 0.3 is 5.97 Å². The lowest BCUT2D eigenvalue weighted by molar-refractivity contribution is -0.119. The summed E-state index contributed by atoms with van der Waals surface area (Å²) in [7, 11) is 0. The number of carbonyl (C=O) groups excluding carboxylic acids is 2. The lowest BCUT2D eigenvalue weighted by atomic mass is 10.1. The summed E-state index contributed by atoms with van der Waals surface area (Å²) < 4.78 is 4.96. The maximum atomic E-state index is 11.8. The van der Waals surface area contributed by atoms with E-state index in [0.717, 1.165) is 16.8 Å². The molecule has 0 aliphatic carbocycles. The molecule has 0 aliphatic heterocycles. The van der Waals surface area contributed by atoms with Crippen molar-refractivity contribution in [1.82, 2.24) is 0 Å². The lowest BCUT2D eigenvalue weighted by Crippen LogP contribution is -2.21. The summed E-state index contributed by atoms with van der Waals surface area (Å²) >= 11 is 1.29. The number of amides is 1. The van der Waals surface area contributed by atoms with E-state index in [9.17, 15) is 9.59 Å². The van der Waals surface area contributed by atoms with Crippen LogP contribution in [0.15, 0.2) is 35.7 Å². The highest BCUT2D eigenvalue weighted by Gasteiger charge is 2.12. The molecule has 1 aromatic heterocycles. The number of benzene rings is 1. The Morgan fingerprint density at radius 2 is 1.85 bits per heavy atom. The number of carbonyl (C=O) groups is 2. The molecule has 20 heavy (non-hydrogen) atoms. The van der Waals surface area contributed by atoms with Crippen LogP contribution in [-0.2, 0) is 9.53 Å². The fourth-order valence-electron chi connectivity index (χ4n) is 1.78. The Balaban J connectivity index is 1.92. The van der Waals surface area contributed by atoms with Crippen molar-refractivity contribution in [3.63, 3.8) is 0 Å². The maximum Gasteiger partial charge on any atom is 0.348 e. The van der Waals surface area contributed by atoms with Gasteiger partial charge in [0.05, 0.1) is 0 Å². The van der Waals surface area contributed by atoms with E-state index in [0.29, 0.717) is 4.88 Å². The molecule has 2 aromatic rings. The Morgan fingerprint density at radius 3 is 2.45 bits per heavy atom. The topological polar surface area (TPSA) is 55.4 Å². The van der Waals surface area contributed by atoms with Gasteiger partial charge in [-0.3, -0.25) is 4.79 Å². The number of hydrogen-bond acceptors (Lipinski definition) is 4. The largest absolute Gasteiger partial charge is 0.451 e. The van der Waals surface area contributed by atoms with E-state index in [1.54, 1.807) is 17.5 Å². The van der Waals surface area contributed by atoms with Gasteiger partial charge in [-0.2, -0.15) is 0 Å². The number of nitrogens with one attached hydrogen (secondary N) is 1. The Labute approximate surface area is 121 Å². The molecule has 5 heteroatoms. The van der Waals surface area contributed by atoms with Crippen LogP contribution in [-0.4, -0.2) is 18.5 Å². The minimum absolute atomic E-state index is 0.287. The molecule has 0 aliphatic rings. The number of anilines is 1. The third-order valence-electron chi connectivity index (χ3n) is 2.80. The van der Waals surface area contributed by atoms with Gasteiger partial charge < -0.3 is 10.1 Å². The smallest absolute Gasteiger partial charge is 0.348 e. The molecular weight excluding hydrogens is 274 g/mol. The molecule has 1 amide bonds. The van der Waals surface area contributed by atoms with E-state index in [-0.39, 0.29) is 12.5 Å². The van der Waals surface area contributed by atoms with Gasteiger partial charge in [-0.1, -0.05) is 24.3 Å². The first-order valence-corrected chi connectivity index (χ1v) is 7.02. The van der Waals surface area contributed by atoms with E-state index in [4.69, 9.17) is 4.74 Å². The van der Waals surface area contributed by atoms with Crippen molar-refractivity contribution < 1.29 is 14.3 Å². The van der Waals surface area contributed by atoms with Crippen LogP contribution in [0.5, 0.6) is 0 Å². The summed E-state index contributed by atoms with van der Waals surface area (Å²) in [5, 5.41) is 4.55. The number of hydrogen-bond donors (Lipinski definition) is 1. The molecule has 2 rings (SSSR count). The number of thiophene rings is 1. The van der Waals surface area contributed by atoms with Crippen LogP contribution < -0.4 is 5.32 Å². The van der Waals surface area contributed by atoms with Crippen LogP contribution in [0, 0.1) is 13.8 Å². The van der Waals surface area contributed by atoms with Crippen molar-refractivity contribution >= 4 is 28.9 Å². The average Bonchev–Trinajstić information content (AvgIpc) is 2.94. The van der Waals surface area contributed by atoms with Crippen LogP contribution in [0.4, 0.5) is 5.69 Å². The van der Waals surface area contributed by atoms with Crippen molar-refractivity contribution in [3.05, 3.63) is 51.7 Å². The van der Waals surface area contributed by atoms with Crippen molar-refractivity contribution in [3.8, 4) is 0 Å². The number of ether oxygens (including phenoxy) is 1. The van der Waals surface area contributed by atoms with Crippen molar-refractivity contribution in [2.45, 2.75) is 13.8 Å². The summed E-state index contributed by atoms with van der Waals surface area (Å²) in [6.45, 7) is 3.55. The number of esters is 1. The molecule has 0 atom stereocenters. The molecule has 0 unspecified atom stereocenters. The quantitative estimate of drug-likeness (QED) is 0.880. The minimum atomic E-state index is -0.475. The van der Waals surface area contributed by atoms with Crippen LogP contribution in [0.1, 0.15) is 20.8 Å². The van der Waals surface area contributed by atoms with Crippen LogP contribution in [0.2, 0.25) is 0 Å². The molecule has 0 bridgehead atoms. The Hall–Kier alpha value is -2.14. The fraction of sp³-hybridized carbons (Fsp3) is 0.200. The summed E-state index contributed by atoms with van der Waals surface area (Å²) in [6, 6.07) is 9.19. The van der Waals surface area contributed by atoms with Gasteiger partial charge in [-0.05, 0) is 36.4 Å². The molecule has 0 saturated carbocycles. The highest BCUT2D eigenvalue weighted by Crippen LogP contribution is 2.19. The molecular formula is C15H15NO3S. The van der Waals surface area contributed by atoms with Crippen molar-refractivity contribution in [2.24, 2.45) is 0 Å². The molecule has 0 radical (unpaired) electrons. The van der Waals surface area contributed by atoms with Crippen LogP contribution in [0.25, 0.3) is 0 Å². The zero-order valence-corrected chi connectivity index (χ0v) is 12.1. The third-order valence-corrected chi connectivity index (χ3v) is 3.65. The molecule has 0 fully saturated rings. The van der Waals surface area contributed by atoms with E-state index in [2.05, 4.69) is 5.32 Å². The first-order chi connectivity index (χ1) is 9.58. The number of aryl methyl sites for hydroxylation is 2. The summed E-state index contributed by atoms with van der Waals surface area (Å²) in [6.07, 6.45) is 0. The molecule has 1 aromatic carbocycles. The Morgan fingerprint density at radius 1 is 1.15 bits per heavy atom. The second-order valence-corrected chi connectivity index (χ2v) is 5.32. The van der Waals surface area contributed by atoms with Crippen LogP contribution >= 0.6 is 11.3 Å². The van der Waals surface area contributed by atoms with E-state index in [1.165, 1.54) is 11.3 Å². The summed E-state index contributed by atoms with van der Waals surface area (Å²) in [5.41, 5.74) is 2.72. The zero-order chi connectivity index (χ0) is 14.5. The highest BCUT2D eigenvalue weighted by molar-refractivity contribution is 7.11. The Bertz CT molecular complexity index is 600. The number of rotatable bonds is 4. The Kier molecular flexibility index (Phi) is 4.53. The van der Waals surface area contributed by atoms with Gasteiger partial charge in [0.2, 0.25) is 0 Å². The van der Waals surface area contributed by atoms with E-state index < -0.39 is 5.97 Å². The van der Waals surface area contributed by atoms with Gasteiger partial charge in [-0.15, -0.1) is 11.3 Å². The monoisotopic (exact) mass is 289 g/mol. The van der Waals surface area contributed by atoms with E-state index >= 15 is 0 Å². The van der Waals surface area contributed by atoms with Crippen LogP contribution in [0.3, 0.4) is 0 Å². The average molecular weight is 289 g/mol. The van der Waals surface area contributed by atoms with Crippen molar-refractivity contribution in [1.29, 1.82) is 0 Å². The van der Waals surface area contributed by atoms with Gasteiger partial charge in [0.1, 0.15) is 4.88 Å². The SMILES string of the molecule is Cc1cccc(C)c1NC(=O)COC(=O)c1cccs1. The second-order valence-electron chi connectivity index (χ2n) is 4.37. The highest BCUT2D eigenvalue weighted by atomic mass is 32.1. The van der Waals surface area contributed by atoms with Crippen molar-refractivity contribution in [2.75, 3.05) is 11.9 Å². The molecule has 0 spiro atoms. The normalized spacial score (nSPS) is 10.1. The molecule has 0 saturated heterocycles. The zero-order valence-electron chi connectivity index (χ0n) is 11.3. The number of para-hydroxylation sites is 1. The van der Waals surface area contributed by atoms with E-state index in [1.807, 2.05) is 32.0 Å². The third kappa shape index (κ3) is 3.45. The molecule has 1 N–H and O–H groups in total. The first kappa shape index (κ1) is 14.3. The molecule has 104 valence electrons. The predicted octanol–water partition coefficient (Wildman–Crippen LogP) is 3.16. The van der Waals surface area contributed by atoms with Gasteiger partial charge in [0.15, 0.2) is 6.61 Å². The summed E-state index contributed by atoms with van der Waals surface area (Å²) in [5.74, 6) is -0.816. The minimum Gasteiger partial charge on any atom is -0.451 e. The molecule has 1 heterocycles. The first-order valence-electron chi connectivity index (χ1n) is 6.14. The maximum absolute atomic E-state index is 11.8. The summed E-state index contributed by atoms with van der Waals surface area (Å²) in [4.78, 5) is 23.9. The fourth-order valence-corrected chi connectivity index (χ4v) is 2.40. The predicted molar refractivity (Wildman–Crippen MR) is 79.1 cm³/mol. The van der Waals surface area contributed by atoms with Gasteiger partial charge in [-0.25, -0.2) is 4.79 Å². The lowest BCUT2D eigenvalue weighted by Gasteiger charge is -2.11. The molecule has 4 nitrogen and oxygen atoms in total. The standard InChI is InChI=1S/C15H15NO3S/c1-10-5-3-6-11(2)14(10)16-13(17)9-19-15(18)12-7-4-8-20-12/h3-8H,9H2,1-2H3,(H,16,17). The second kappa shape index (κ2) is 6.34.